The lowest BCUT2D eigenvalue weighted by molar-refractivity contribution is 0.383. The van der Waals surface area contributed by atoms with Crippen molar-refractivity contribution in [3.63, 3.8) is 0 Å². The van der Waals surface area contributed by atoms with Crippen LogP contribution in [0.5, 0.6) is 0 Å². The number of alkyl halides is 2. The first-order valence-electron chi connectivity index (χ1n) is 3.39. The first kappa shape index (κ1) is 11.4. The molecule has 0 saturated heterocycles. The normalized spacial score (nSPS) is 13.8. The zero-order valence-corrected chi connectivity index (χ0v) is 11.1. The van der Waals surface area contributed by atoms with Gasteiger partial charge in [0.05, 0.1) is 1.43 Å². The van der Waals surface area contributed by atoms with E-state index in [1.165, 1.54) is 0 Å². The van der Waals surface area contributed by atoms with E-state index in [4.69, 9.17) is 5.73 Å². The summed E-state index contributed by atoms with van der Waals surface area (Å²) in [5.41, 5.74) is 5.84. The molecule has 62 valence electrons. The summed E-state index contributed by atoms with van der Waals surface area (Å²) in [5, 5.41) is 0. The molecule has 0 aliphatic heterocycles. The smallest absolute Gasteiger partial charge is 0.0794 e. The molecule has 0 amide bonds. The Labute approximate surface area is 90.8 Å². The maximum absolute atomic E-state index is 5.50. The van der Waals surface area contributed by atoms with Gasteiger partial charge in [0.25, 0.3) is 0 Å². The minimum absolute atomic E-state index is 0.303. The molecule has 0 aliphatic rings. The predicted molar refractivity (Wildman–Crippen MR) is 63.9 cm³/mol. The van der Waals surface area contributed by atoms with E-state index in [1.807, 2.05) is 0 Å². The van der Waals surface area contributed by atoms with Gasteiger partial charge in [-0.3, -0.25) is 0 Å². The van der Waals surface area contributed by atoms with Crippen molar-refractivity contribution in [2.24, 2.45) is 11.1 Å². The van der Waals surface area contributed by atoms with Crippen LogP contribution in [-0.2, 0) is 0 Å². The quantitative estimate of drug-likeness (QED) is 0.590. The van der Waals surface area contributed by atoms with E-state index in [0.717, 1.165) is 13.0 Å². The molecule has 0 spiro atoms. The van der Waals surface area contributed by atoms with Crippen molar-refractivity contribution in [1.82, 2.24) is 0 Å². The fourth-order valence-corrected chi connectivity index (χ4v) is 1.18. The summed E-state index contributed by atoms with van der Waals surface area (Å²) >= 11 is 4.98. The molecule has 0 heterocycles. The molecule has 0 saturated carbocycles. The summed E-state index contributed by atoms with van der Waals surface area (Å²) in [4.78, 5) is 0. The van der Waals surface area contributed by atoms with Crippen LogP contribution in [0.25, 0.3) is 0 Å². The molecule has 2 N–H and O–H groups in total. The minimum atomic E-state index is 0.303. The fourth-order valence-electron chi connectivity index (χ4n) is 0.556. The number of hydrogen-bond donors (Lipinski definition) is 1. The summed E-state index contributed by atoms with van der Waals surface area (Å²) in [6.45, 7) is 7.54. The molecule has 0 atom stereocenters. The molecule has 0 rings (SSSR count). The van der Waals surface area contributed by atoms with Gasteiger partial charge in [-0.15, -0.1) is 0 Å². The van der Waals surface area contributed by atoms with Crippen molar-refractivity contribution in [3.05, 3.63) is 0 Å². The van der Waals surface area contributed by atoms with Gasteiger partial charge in [0.15, 0.2) is 0 Å². The summed E-state index contributed by atoms with van der Waals surface area (Å²) in [7, 11) is 0. The average Bonchev–Trinajstić information content (AvgIpc) is 1.61. The standard InChI is InChI=1S/C7H15I2N/c1-6(2,3)7(8,9)4-5-10/h4-5,10H2,1-3H3. The van der Waals surface area contributed by atoms with Crippen LogP contribution in [0.15, 0.2) is 0 Å². The van der Waals surface area contributed by atoms with Crippen molar-refractivity contribution in [2.75, 3.05) is 6.54 Å². The Kier molecular flexibility index (Phi) is 4.44. The van der Waals surface area contributed by atoms with E-state index in [2.05, 4.69) is 66.0 Å². The molecular formula is C7H15I2N. The Balaban J connectivity index is 4.10. The number of halogens is 2. The van der Waals surface area contributed by atoms with Crippen molar-refractivity contribution >= 4 is 45.2 Å². The molecular weight excluding hydrogens is 352 g/mol. The SMILES string of the molecule is CC(C)(C)C(I)(I)CCN. The molecule has 0 bridgehead atoms. The molecule has 0 fully saturated rings. The first-order chi connectivity index (χ1) is 4.31. The van der Waals surface area contributed by atoms with Crippen LogP contribution in [0.4, 0.5) is 0 Å². The van der Waals surface area contributed by atoms with Crippen molar-refractivity contribution in [3.8, 4) is 0 Å². The number of rotatable bonds is 2. The first-order valence-corrected chi connectivity index (χ1v) is 5.55. The van der Waals surface area contributed by atoms with Gasteiger partial charge in [0.1, 0.15) is 0 Å². The Hall–Kier alpha value is 1.42. The predicted octanol–water partition coefficient (Wildman–Crippen LogP) is 2.95. The van der Waals surface area contributed by atoms with Gasteiger partial charge < -0.3 is 5.73 Å². The summed E-state index contributed by atoms with van der Waals surface area (Å²) in [5.74, 6) is 0. The van der Waals surface area contributed by atoms with E-state index in [1.54, 1.807) is 0 Å². The van der Waals surface area contributed by atoms with E-state index in [0.29, 0.717) is 6.84 Å². The molecule has 0 aliphatic carbocycles. The fraction of sp³-hybridized carbons (Fsp3) is 1.00. The maximum Gasteiger partial charge on any atom is 0.0794 e. The molecule has 1 nitrogen and oxygen atoms in total. The van der Waals surface area contributed by atoms with Gasteiger partial charge in [-0.1, -0.05) is 66.0 Å². The average molecular weight is 367 g/mol. The van der Waals surface area contributed by atoms with Crippen molar-refractivity contribution in [2.45, 2.75) is 28.6 Å². The van der Waals surface area contributed by atoms with Gasteiger partial charge >= 0.3 is 0 Å². The molecule has 0 radical (unpaired) electrons. The van der Waals surface area contributed by atoms with Crippen molar-refractivity contribution in [1.29, 1.82) is 0 Å². The number of hydrogen-bond acceptors (Lipinski definition) is 1. The highest BCUT2D eigenvalue weighted by Gasteiger charge is 2.35. The molecule has 3 heteroatoms. The topological polar surface area (TPSA) is 26.0 Å². The molecule has 10 heavy (non-hydrogen) atoms. The van der Waals surface area contributed by atoms with Gasteiger partial charge in [0.2, 0.25) is 0 Å². The Morgan fingerprint density at radius 2 is 1.60 bits per heavy atom. The van der Waals surface area contributed by atoms with Crippen LogP contribution in [0.1, 0.15) is 27.2 Å². The van der Waals surface area contributed by atoms with E-state index >= 15 is 0 Å². The van der Waals surface area contributed by atoms with Crippen LogP contribution in [0.3, 0.4) is 0 Å². The zero-order valence-electron chi connectivity index (χ0n) is 6.75. The third kappa shape index (κ3) is 3.21. The summed E-state index contributed by atoms with van der Waals surface area (Å²) in [6.07, 6.45) is 1.08. The van der Waals surface area contributed by atoms with Gasteiger partial charge in [0, 0.05) is 0 Å². The number of nitrogens with two attached hydrogens (primary N) is 1. The second-order valence-corrected chi connectivity index (χ2v) is 9.24. The van der Waals surface area contributed by atoms with E-state index in [9.17, 15) is 0 Å². The van der Waals surface area contributed by atoms with Crippen LogP contribution >= 0.6 is 45.2 Å². The maximum atomic E-state index is 5.50. The summed E-state index contributed by atoms with van der Waals surface area (Å²) < 4.78 is 0.303. The Morgan fingerprint density at radius 1 is 1.20 bits per heavy atom. The lowest BCUT2D eigenvalue weighted by Gasteiger charge is -2.34. The van der Waals surface area contributed by atoms with E-state index in [-0.39, 0.29) is 0 Å². The lowest BCUT2D eigenvalue weighted by Crippen LogP contribution is -2.32. The highest BCUT2D eigenvalue weighted by atomic mass is 127. The van der Waals surface area contributed by atoms with Gasteiger partial charge in [-0.25, -0.2) is 0 Å². The largest absolute Gasteiger partial charge is 0.330 e. The second kappa shape index (κ2) is 3.89. The third-order valence-corrected chi connectivity index (χ3v) is 5.87. The third-order valence-electron chi connectivity index (χ3n) is 1.56. The van der Waals surface area contributed by atoms with Gasteiger partial charge in [-0.05, 0) is 18.4 Å². The second-order valence-electron chi connectivity index (χ2n) is 3.49. The monoisotopic (exact) mass is 367 g/mol. The molecule has 0 unspecified atom stereocenters. The van der Waals surface area contributed by atoms with E-state index < -0.39 is 0 Å². The lowest BCUT2D eigenvalue weighted by atomic mass is 9.90. The minimum Gasteiger partial charge on any atom is -0.330 e. The molecule has 0 aromatic heterocycles. The van der Waals surface area contributed by atoms with Crippen molar-refractivity contribution < 1.29 is 0 Å². The zero-order chi connectivity index (χ0) is 8.41. The Bertz CT molecular complexity index is 105. The summed E-state index contributed by atoms with van der Waals surface area (Å²) in [6, 6.07) is 0. The van der Waals surface area contributed by atoms with Crippen LogP contribution in [0.2, 0.25) is 0 Å². The molecule has 0 aromatic carbocycles. The molecule has 0 aromatic rings. The highest BCUT2D eigenvalue weighted by molar-refractivity contribution is 14.2. The van der Waals surface area contributed by atoms with Crippen LogP contribution in [0, 0.1) is 5.41 Å². The van der Waals surface area contributed by atoms with Gasteiger partial charge in [-0.2, -0.15) is 0 Å². The van der Waals surface area contributed by atoms with Crippen LogP contribution < -0.4 is 5.73 Å². The van der Waals surface area contributed by atoms with Crippen LogP contribution in [-0.4, -0.2) is 7.97 Å². The Morgan fingerprint density at radius 3 is 1.70 bits per heavy atom. The highest BCUT2D eigenvalue weighted by Crippen LogP contribution is 2.46.